The molecule has 1 aromatic heterocycles. The lowest BCUT2D eigenvalue weighted by atomic mass is 10.1. The number of aromatic nitrogens is 1. The van der Waals surface area contributed by atoms with Gasteiger partial charge in [0.25, 0.3) is 0 Å². The lowest BCUT2D eigenvalue weighted by Gasteiger charge is -2.09. The minimum atomic E-state index is -4.76. The lowest BCUT2D eigenvalue weighted by Crippen LogP contribution is -2.17. The standard InChI is InChI=1S/C19H15F3N2O3/c1-12-2-4-13(5-3-12)17-10-15(24-27-17)11-18(25)23-14-6-8-16(9-7-14)26-19(20,21)22/h2-10H,11H2,1H3,(H,23,25). The number of carbonyl (C=O) groups is 1. The number of nitrogens with one attached hydrogen (secondary N) is 1. The van der Waals surface area contributed by atoms with Crippen molar-refractivity contribution in [1.29, 1.82) is 0 Å². The van der Waals surface area contributed by atoms with Crippen molar-refractivity contribution in [3.05, 3.63) is 65.9 Å². The number of anilines is 1. The molecule has 140 valence electrons. The molecule has 1 amide bonds. The highest BCUT2D eigenvalue weighted by Crippen LogP contribution is 2.24. The van der Waals surface area contributed by atoms with Gasteiger partial charge in [-0.2, -0.15) is 0 Å². The molecule has 0 saturated carbocycles. The summed E-state index contributed by atoms with van der Waals surface area (Å²) in [7, 11) is 0. The number of ether oxygens (including phenoxy) is 1. The number of hydrogen-bond donors (Lipinski definition) is 1. The summed E-state index contributed by atoms with van der Waals surface area (Å²) >= 11 is 0. The van der Waals surface area contributed by atoms with E-state index in [1.54, 1.807) is 6.07 Å². The fourth-order valence-electron chi connectivity index (χ4n) is 2.36. The molecule has 0 spiro atoms. The summed E-state index contributed by atoms with van der Waals surface area (Å²) in [4.78, 5) is 12.1. The van der Waals surface area contributed by atoms with Gasteiger partial charge in [-0.05, 0) is 31.2 Å². The summed E-state index contributed by atoms with van der Waals surface area (Å²) in [6.45, 7) is 1.97. The van der Waals surface area contributed by atoms with E-state index in [0.717, 1.165) is 23.3 Å². The summed E-state index contributed by atoms with van der Waals surface area (Å²) in [5.74, 6) is -0.186. The van der Waals surface area contributed by atoms with E-state index in [-0.39, 0.29) is 18.1 Å². The highest BCUT2D eigenvalue weighted by molar-refractivity contribution is 5.92. The number of alkyl halides is 3. The minimum Gasteiger partial charge on any atom is -0.406 e. The smallest absolute Gasteiger partial charge is 0.406 e. The third kappa shape index (κ3) is 5.34. The van der Waals surface area contributed by atoms with Crippen LogP contribution in [0.5, 0.6) is 5.75 Å². The average molecular weight is 376 g/mol. The molecule has 8 heteroatoms. The molecule has 1 heterocycles. The van der Waals surface area contributed by atoms with Crippen molar-refractivity contribution < 1.29 is 27.2 Å². The Morgan fingerprint density at radius 3 is 2.41 bits per heavy atom. The number of nitrogens with zero attached hydrogens (tertiary/aromatic N) is 1. The van der Waals surface area contributed by atoms with Gasteiger partial charge in [0.05, 0.1) is 12.1 Å². The number of hydrogen-bond acceptors (Lipinski definition) is 4. The molecule has 1 N–H and O–H groups in total. The van der Waals surface area contributed by atoms with Crippen molar-refractivity contribution in [3.8, 4) is 17.1 Å². The highest BCUT2D eigenvalue weighted by Gasteiger charge is 2.30. The first-order valence-electron chi connectivity index (χ1n) is 7.97. The maximum atomic E-state index is 12.1. The molecule has 0 radical (unpaired) electrons. The molecule has 0 fully saturated rings. The Labute approximate surface area is 152 Å². The first-order chi connectivity index (χ1) is 12.8. The van der Waals surface area contributed by atoms with E-state index in [1.165, 1.54) is 12.1 Å². The summed E-state index contributed by atoms with van der Waals surface area (Å²) in [5.41, 5.74) is 2.75. The maximum Gasteiger partial charge on any atom is 0.573 e. The zero-order valence-corrected chi connectivity index (χ0v) is 14.2. The SMILES string of the molecule is Cc1ccc(-c2cc(CC(=O)Nc3ccc(OC(F)(F)F)cc3)no2)cc1. The molecule has 0 aliphatic rings. The molecule has 0 saturated heterocycles. The molecule has 5 nitrogen and oxygen atoms in total. The number of aryl methyl sites for hydroxylation is 1. The van der Waals surface area contributed by atoms with E-state index in [9.17, 15) is 18.0 Å². The molecule has 0 bridgehead atoms. The molecular weight excluding hydrogens is 361 g/mol. The van der Waals surface area contributed by atoms with Crippen LogP contribution < -0.4 is 10.1 Å². The van der Waals surface area contributed by atoms with Gasteiger partial charge in [0, 0.05) is 17.3 Å². The van der Waals surface area contributed by atoms with Crippen molar-refractivity contribution in [2.45, 2.75) is 19.7 Å². The summed E-state index contributed by atoms with van der Waals surface area (Å²) in [6, 6.07) is 14.2. The van der Waals surface area contributed by atoms with Gasteiger partial charge in [0.15, 0.2) is 5.76 Å². The second kappa shape index (κ2) is 7.53. The maximum absolute atomic E-state index is 12.1. The van der Waals surface area contributed by atoms with E-state index in [2.05, 4.69) is 15.2 Å². The fourth-order valence-corrected chi connectivity index (χ4v) is 2.36. The zero-order chi connectivity index (χ0) is 19.4. The van der Waals surface area contributed by atoms with Gasteiger partial charge in [0.2, 0.25) is 5.91 Å². The highest BCUT2D eigenvalue weighted by atomic mass is 19.4. The molecule has 2 aromatic carbocycles. The fraction of sp³-hybridized carbons (Fsp3) is 0.158. The van der Waals surface area contributed by atoms with Crippen molar-refractivity contribution in [3.63, 3.8) is 0 Å². The quantitative estimate of drug-likeness (QED) is 0.699. The first kappa shape index (κ1) is 18.5. The second-order valence-electron chi connectivity index (χ2n) is 5.85. The van der Waals surface area contributed by atoms with Crippen LogP contribution in [0.25, 0.3) is 11.3 Å². The Morgan fingerprint density at radius 1 is 1.11 bits per heavy atom. The Kier molecular flexibility index (Phi) is 5.16. The van der Waals surface area contributed by atoms with Crippen LogP contribution in [0.1, 0.15) is 11.3 Å². The second-order valence-corrected chi connectivity index (χ2v) is 5.85. The number of halogens is 3. The molecule has 27 heavy (non-hydrogen) atoms. The summed E-state index contributed by atoms with van der Waals surface area (Å²) < 4.78 is 45.4. The molecule has 0 unspecified atom stereocenters. The zero-order valence-electron chi connectivity index (χ0n) is 14.2. The summed E-state index contributed by atoms with van der Waals surface area (Å²) in [6.07, 6.45) is -4.79. The van der Waals surface area contributed by atoms with E-state index in [1.807, 2.05) is 31.2 Å². The lowest BCUT2D eigenvalue weighted by molar-refractivity contribution is -0.274. The van der Waals surface area contributed by atoms with Crippen molar-refractivity contribution >= 4 is 11.6 Å². The van der Waals surface area contributed by atoms with Crippen LogP contribution in [-0.2, 0) is 11.2 Å². The van der Waals surface area contributed by atoms with Gasteiger partial charge < -0.3 is 14.6 Å². The first-order valence-corrected chi connectivity index (χ1v) is 7.97. The van der Waals surface area contributed by atoms with Crippen LogP contribution in [0.2, 0.25) is 0 Å². The van der Waals surface area contributed by atoms with Crippen LogP contribution in [-0.4, -0.2) is 17.4 Å². The Morgan fingerprint density at radius 2 is 1.78 bits per heavy atom. The topological polar surface area (TPSA) is 64.4 Å². The van der Waals surface area contributed by atoms with Crippen molar-refractivity contribution in [2.75, 3.05) is 5.32 Å². The Hall–Kier alpha value is -3.29. The number of rotatable bonds is 5. The predicted octanol–water partition coefficient (Wildman–Crippen LogP) is 4.73. The van der Waals surface area contributed by atoms with Crippen molar-refractivity contribution in [2.24, 2.45) is 0 Å². The third-order valence-corrected chi connectivity index (χ3v) is 3.61. The van der Waals surface area contributed by atoms with E-state index < -0.39 is 6.36 Å². The number of benzene rings is 2. The van der Waals surface area contributed by atoms with Gasteiger partial charge in [-0.15, -0.1) is 13.2 Å². The van der Waals surface area contributed by atoms with Crippen LogP contribution in [0.4, 0.5) is 18.9 Å². The van der Waals surface area contributed by atoms with Gasteiger partial charge in [-0.3, -0.25) is 4.79 Å². The largest absolute Gasteiger partial charge is 0.573 e. The van der Waals surface area contributed by atoms with Crippen LogP contribution in [0.15, 0.2) is 59.1 Å². The predicted molar refractivity (Wildman–Crippen MR) is 92.1 cm³/mol. The van der Waals surface area contributed by atoms with Crippen LogP contribution in [0.3, 0.4) is 0 Å². The molecule has 3 rings (SSSR count). The van der Waals surface area contributed by atoms with E-state index in [0.29, 0.717) is 17.1 Å². The molecular formula is C19H15F3N2O3. The molecule has 0 aliphatic carbocycles. The van der Waals surface area contributed by atoms with Crippen molar-refractivity contribution in [1.82, 2.24) is 5.16 Å². The van der Waals surface area contributed by atoms with Gasteiger partial charge in [-0.25, -0.2) is 0 Å². The summed E-state index contributed by atoms with van der Waals surface area (Å²) in [5, 5.41) is 6.45. The van der Waals surface area contributed by atoms with Crippen LogP contribution in [0, 0.1) is 6.92 Å². The van der Waals surface area contributed by atoms with E-state index in [4.69, 9.17) is 4.52 Å². The Bertz CT molecular complexity index is 917. The van der Waals surface area contributed by atoms with Crippen LogP contribution >= 0.6 is 0 Å². The number of carbonyl (C=O) groups excluding carboxylic acids is 1. The third-order valence-electron chi connectivity index (χ3n) is 3.61. The average Bonchev–Trinajstić information content (AvgIpc) is 3.04. The molecule has 3 aromatic rings. The Balaban J connectivity index is 1.59. The molecule has 0 atom stereocenters. The van der Waals surface area contributed by atoms with E-state index >= 15 is 0 Å². The monoisotopic (exact) mass is 376 g/mol. The number of amides is 1. The van der Waals surface area contributed by atoms with Gasteiger partial charge in [-0.1, -0.05) is 35.0 Å². The van der Waals surface area contributed by atoms with Gasteiger partial charge in [0.1, 0.15) is 5.75 Å². The van der Waals surface area contributed by atoms with Gasteiger partial charge >= 0.3 is 6.36 Å². The minimum absolute atomic E-state index is 0.0316. The molecule has 0 aliphatic heterocycles. The normalized spacial score (nSPS) is 11.3.